The minimum absolute atomic E-state index is 0.826. The number of aromatic nitrogens is 1. The molecule has 18 heavy (non-hydrogen) atoms. The zero-order valence-corrected chi connectivity index (χ0v) is 11.4. The first-order chi connectivity index (χ1) is 8.83. The number of para-hydroxylation sites is 1. The quantitative estimate of drug-likeness (QED) is 0.574. The Hall–Kier alpha value is -1.72. The molecule has 3 rings (SSSR count). The van der Waals surface area contributed by atoms with Gasteiger partial charge in [-0.2, -0.15) is 5.10 Å². The number of benzene rings is 1. The van der Waals surface area contributed by atoms with Crippen molar-refractivity contribution in [2.24, 2.45) is 5.10 Å². The molecule has 2 aromatic heterocycles. The lowest BCUT2D eigenvalue weighted by Crippen LogP contribution is -1.96. The van der Waals surface area contributed by atoms with Gasteiger partial charge in [-0.25, -0.2) is 4.98 Å². The minimum Gasteiger partial charge on any atom is -0.252 e. The van der Waals surface area contributed by atoms with Crippen molar-refractivity contribution < 1.29 is 0 Å². The lowest BCUT2D eigenvalue weighted by Gasteiger charge is -1.96. The average Bonchev–Trinajstić information content (AvgIpc) is 3.04. The van der Waals surface area contributed by atoms with E-state index in [0.717, 1.165) is 16.4 Å². The summed E-state index contributed by atoms with van der Waals surface area (Å²) in [6.07, 6.45) is 0. The predicted octanol–water partition coefficient (Wildman–Crippen LogP) is 4.19. The van der Waals surface area contributed by atoms with Crippen LogP contribution in [0.15, 0.2) is 46.9 Å². The highest BCUT2D eigenvalue weighted by Crippen LogP contribution is 2.25. The van der Waals surface area contributed by atoms with Crippen LogP contribution in [0.2, 0.25) is 0 Å². The molecule has 0 aliphatic heterocycles. The Kier molecular flexibility index (Phi) is 3.08. The molecule has 0 aliphatic carbocycles. The van der Waals surface area contributed by atoms with Gasteiger partial charge in [0.05, 0.1) is 15.9 Å². The molecule has 0 aliphatic rings. The number of thiazole rings is 1. The smallest absolute Gasteiger partial charge is 0.204 e. The highest BCUT2D eigenvalue weighted by molar-refractivity contribution is 7.22. The van der Waals surface area contributed by atoms with Crippen LogP contribution in [0, 0.1) is 0 Å². The summed E-state index contributed by atoms with van der Waals surface area (Å²) in [6, 6.07) is 12.2. The predicted molar refractivity (Wildman–Crippen MR) is 79.8 cm³/mol. The molecule has 1 aromatic carbocycles. The Balaban J connectivity index is 1.82. The van der Waals surface area contributed by atoms with Crippen LogP contribution < -0.4 is 5.43 Å². The summed E-state index contributed by atoms with van der Waals surface area (Å²) >= 11 is 3.29. The second-order valence-corrected chi connectivity index (χ2v) is 5.75. The molecule has 0 radical (unpaired) electrons. The van der Waals surface area contributed by atoms with Gasteiger partial charge in [-0.1, -0.05) is 29.5 Å². The molecule has 0 atom stereocenters. The lowest BCUT2D eigenvalue weighted by molar-refractivity contribution is 1.29. The highest BCUT2D eigenvalue weighted by Gasteiger charge is 2.02. The molecular weight excluding hydrogens is 262 g/mol. The van der Waals surface area contributed by atoms with Gasteiger partial charge in [0, 0.05) is 4.88 Å². The normalized spacial score (nSPS) is 11.9. The molecule has 0 fully saturated rings. The molecule has 3 nitrogen and oxygen atoms in total. The van der Waals surface area contributed by atoms with Crippen LogP contribution in [0.1, 0.15) is 11.8 Å². The number of nitrogens with zero attached hydrogens (tertiary/aromatic N) is 2. The maximum atomic E-state index is 4.47. The van der Waals surface area contributed by atoms with Crippen LogP contribution in [0.3, 0.4) is 0 Å². The van der Waals surface area contributed by atoms with Gasteiger partial charge in [0.25, 0.3) is 0 Å². The van der Waals surface area contributed by atoms with E-state index in [1.54, 1.807) is 22.7 Å². The van der Waals surface area contributed by atoms with Gasteiger partial charge in [-0.15, -0.1) is 11.3 Å². The minimum atomic E-state index is 0.826. The van der Waals surface area contributed by atoms with E-state index in [2.05, 4.69) is 27.6 Å². The lowest BCUT2D eigenvalue weighted by atomic mass is 10.3. The third-order valence-electron chi connectivity index (χ3n) is 2.49. The van der Waals surface area contributed by atoms with Crippen LogP contribution in [0.4, 0.5) is 5.13 Å². The summed E-state index contributed by atoms with van der Waals surface area (Å²) in [6.45, 7) is 1.99. The largest absolute Gasteiger partial charge is 0.252 e. The molecule has 5 heteroatoms. The van der Waals surface area contributed by atoms with E-state index >= 15 is 0 Å². The molecule has 0 saturated heterocycles. The third-order valence-corrected chi connectivity index (χ3v) is 4.41. The number of anilines is 1. The van der Waals surface area contributed by atoms with E-state index in [-0.39, 0.29) is 0 Å². The Morgan fingerprint density at radius 2 is 2.11 bits per heavy atom. The fourth-order valence-corrected chi connectivity index (χ4v) is 3.08. The van der Waals surface area contributed by atoms with Gasteiger partial charge in [0.15, 0.2) is 0 Å². The van der Waals surface area contributed by atoms with Gasteiger partial charge >= 0.3 is 0 Å². The number of nitrogens with one attached hydrogen (secondary N) is 1. The number of hydrogen-bond donors (Lipinski definition) is 1. The molecule has 0 saturated carbocycles. The van der Waals surface area contributed by atoms with Gasteiger partial charge < -0.3 is 0 Å². The summed E-state index contributed by atoms with van der Waals surface area (Å²) in [5.41, 5.74) is 5.01. The average molecular weight is 273 g/mol. The summed E-state index contributed by atoms with van der Waals surface area (Å²) in [5, 5.41) is 7.23. The second-order valence-electron chi connectivity index (χ2n) is 3.77. The number of thiophene rings is 1. The van der Waals surface area contributed by atoms with Gasteiger partial charge in [0.1, 0.15) is 0 Å². The Morgan fingerprint density at radius 3 is 2.89 bits per heavy atom. The topological polar surface area (TPSA) is 37.3 Å². The Labute approximate surface area is 113 Å². The number of hydrogen-bond acceptors (Lipinski definition) is 5. The number of fused-ring (bicyclic) bond motifs is 1. The van der Waals surface area contributed by atoms with Crippen molar-refractivity contribution in [3.8, 4) is 0 Å². The fraction of sp³-hybridized carbons (Fsp3) is 0.0769. The monoisotopic (exact) mass is 273 g/mol. The molecular formula is C13H11N3S2. The van der Waals surface area contributed by atoms with Crippen molar-refractivity contribution in [1.29, 1.82) is 0 Å². The molecule has 0 spiro atoms. The Bertz CT molecular complexity index is 650. The molecule has 3 aromatic rings. The molecule has 90 valence electrons. The number of hydrazone groups is 1. The fourth-order valence-electron chi connectivity index (χ4n) is 1.59. The third kappa shape index (κ3) is 2.27. The SMILES string of the molecule is C/C(=N/Nc1nc2ccccc2s1)c1cccs1. The van der Waals surface area contributed by atoms with E-state index in [1.807, 2.05) is 36.6 Å². The summed E-state index contributed by atoms with van der Waals surface area (Å²) < 4.78 is 1.17. The van der Waals surface area contributed by atoms with Crippen molar-refractivity contribution in [3.05, 3.63) is 46.7 Å². The first-order valence-electron chi connectivity index (χ1n) is 5.53. The van der Waals surface area contributed by atoms with E-state index in [9.17, 15) is 0 Å². The van der Waals surface area contributed by atoms with Gasteiger partial charge in [0.2, 0.25) is 5.13 Å². The first-order valence-corrected chi connectivity index (χ1v) is 7.22. The van der Waals surface area contributed by atoms with Crippen molar-refractivity contribution >= 4 is 43.7 Å². The van der Waals surface area contributed by atoms with E-state index in [0.29, 0.717) is 0 Å². The summed E-state index contributed by atoms with van der Waals surface area (Å²) in [4.78, 5) is 5.64. The molecule has 0 unspecified atom stereocenters. The highest BCUT2D eigenvalue weighted by atomic mass is 32.1. The zero-order valence-electron chi connectivity index (χ0n) is 9.75. The van der Waals surface area contributed by atoms with Gasteiger partial charge in [-0.3, -0.25) is 5.43 Å². The second kappa shape index (κ2) is 4.88. The van der Waals surface area contributed by atoms with Crippen molar-refractivity contribution in [3.63, 3.8) is 0 Å². The summed E-state index contributed by atoms with van der Waals surface area (Å²) in [5.74, 6) is 0. The molecule has 0 bridgehead atoms. The summed E-state index contributed by atoms with van der Waals surface area (Å²) in [7, 11) is 0. The van der Waals surface area contributed by atoms with Crippen molar-refractivity contribution in [2.75, 3.05) is 5.43 Å². The Morgan fingerprint density at radius 1 is 1.22 bits per heavy atom. The van der Waals surface area contributed by atoms with E-state index < -0.39 is 0 Å². The first kappa shape index (κ1) is 11.4. The van der Waals surface area contributed by atoms with Crippen LogP contribution in [-0.2, 0) is 0 Å². The maximum absolute atomic E-state index is 4.47. The van der Waals surface area contributed by atoms with E-state index in [4.69, 9.17) is 0 Å². The number of rotatable bonds is 3. The molecule has 0 amide bonds. The van der Waals surface area contributed by atoms with Gasteiger partial charge in [-0.05, 0) is 30.5 Å². The van der Waals surface area contributed by atoms with Crippen LogP contribution in [-0.4, -0.2) is 10.7 Å². The van der Waals surface area contributed by atoms with Crippen LogP contribution >= 0.6 is 22.7 Å². The standard InChI is InChI=1S/C13H11N3S2/c1-9(11-7-4-8-17-11)15-16-13-14-10-5-2-3-6-12(10)18-13/h2-8H,1H3,(H,14,16)/b15-9-. The molecule has 1 N–H and O–H groups in total. The molecule has 2 heterocycles. The zero-order chi connectivity index (χ0) is 12.4. The van der Waals surface area contributed by atoms with Crippen LogP contribution in [0.25, 0.3) is 10.2 Å². The van der Waals surface area contributed by atoms with Crippen molar-refractivity contribution in [1.82, 2.24) is 4.98 Å². The maximum Gasteiger partial charge on any atom is 0.204 e. The van der Waals surface area contributed by atoms with E-state index in [1.165, 1.54) is 9.58 Å². The van der Waals surface area contributed by atoms with Crippen LogP contribution in [0.5, 0.6) is 0 Å². The van der Waals surface area contributed by atoms with Crippen molar-refractivity contribution in [2.45, 2.75) is 6.92 Å².